The van der Waals surface area contributed by atoms with E-state index in [0.717, 1.165) is 43.2 Å². The second-order valence-electron chi connectivity index (χ2n) is 8.26. The molecule has 0 aliphatic carbocycles. The highest BCUT2D eigenvalue weighted by molar-refractivity contribution is 5.85. The maximum Gasteiger partial charge on any atom is 0.143 e. The number of hydrogen-bond donors (Lipinski definition) is 0. The molecule has 4 heteroatoms. The fourth-order valence-electron chi connectivity index (χ4n) is 4.46. The molecule has 1 aromatic heterocycles. The molecule has 0 saturated carbocycles. The Morgan fingerprint density at radius 1 is 1.06 bits per heavy atom. The summed E-state index contributed by atoms with van der Waals surface area (Å²) in [6.07, 6.45) is 7.26. The van der Waals surface area contributed by atoms with Gasteiger partial charge in [-0.15, -0.1) is 0 Å². The van der Waals surface area contributed by atoms with Crippen LogP contribution < -0.4 is 4.74 Å². The van der Waals surface area contributed by atoms with Gasteiger partial charge < -0.3 is 9.30 Å². The molecule has 0 unspecified atom stereocenters. The first-order valence-corrected chi connectivity index (χ1v) is 10.8. The number of rotatable bonds is 5. The van der Waals surface area contributed by atoms with E-state index in [9.17, 15) is 0 Å². The van der Waals surface area contributed by atoms with Crippen molar-refractivity contribution in [3.63, 3.8) is 0 Å². The molecule has 1 aliphatic rings. The molecule has 3 aromatic carbocycles. The number of nitrogens with zero attached hydrogens (tertiary/aromatic N) is 3. The Kier molecular flexibility index (Phi) is 5.31. The van der Waals surface area contributed by atoms with E-state index >= 15 is 0 Å². The van der Waals surface area contributed by atoms with E-state index < -0.39 is 0 Å². The third kappa shape index (κ3) is 4.12. The lowest BCUT2D eigenvalue weighted by molar-refractivity contribution is 0.339. The van der Waals surface area contributed by atoms with Gasteiger partial charge in [0.25, 0.3) is 0 Å². The fraction of sp³-hybridized carbons (Fsp3) is 0.222. The van der Waals surface area contributed by atoms with Crippen LogP contribution in [0.5, 0.6) is 5.75 Å². The predicted octanol–water partition coefficient (Wildman–Crippen LogP) is 5.63. The van der Waals surface area contributed by atoms with Crippen LogP contribution in [0, 0.1) is 6.92 Å². The Labute approximate surface area is 183 Å². The molecule has 2 heterocycles. The fourth-order valence-corrected chi connectivity index (χ4v) is 4.46. The molecule has 4 nitrogen and oxygen atoms in total. The van der Waals surface area contributed by atoms with E-state index in [1.165, 1.54) is 27.5 Å². The van der Waals surface area contributed by atoms with E-state index in [1.807, 2.05) is 24.0 Å². The van der Waals surface area contributed by atoms with Crippen molar-refractivity contribution < 1.29 is 4.74 Å². The van der Waals surface area contributed by atoms with Crippen molar-refractivity contribution in [2.75, 3.05) is 20.2 Å². The van der Waals surface area contributed by atoms with Crippen LogP contribution in [-0.2, 0) is 6.54 Å². The summed E-state index contributed by atoms with van der Waals surface area (Å²) in [5, 5.41) is 2.67. The van der Waals surface area contributed by atoms with Gasteiger partial charge >= 0.3 is 0 Å². The van der Waals surface area contributed by atoms with Crippen molar-refractivity contribution in [2.45, 2.75) is 19.9 Å². The molecular weight excluding hydrogens is 382 g/mol. The van der Waals surface area contributed by atoms with Crippen LogP contribution in [0.25, 0.3) is 22.5 Å². The van der Waals surface area contributed by atoms with Gasteiger partial charge in [0.15, 0.2) is 0 Å². The molecule has 0 bridgehead atoms. The van der Waals surface area contributed by atoms with E-state index in [-0.39, 0.29) is 0 Å². The Bertz CT molecular complexity index is 1250. The Morgan fingerprint density at radius 2 is 1.94 bits per heavy atom. The van der Waals surface area contributed by atoms with Crippen LogP contribution >= 0.6 is 0 Å². The van der Waals surface area contributed by atoms with Crippen LogP contribution in [-0.4, -0.2) is 34.7 Å². The number of hydrogen-bond acceptors (Lipinski definition) is 3. The van der Waals surface area contributed by atoms with Crippen LogP contribution in [0.1, 0.15) is 23.2 Å². The lowest BCUT2D eigenvalue weighted by atomic mass is 10.0. The Morgan fingerprint density at radius 3 is 2.77 bits per heavy atom. The lowest BCUT2D eigenvalue weighted by Gasteiger charge is -2.16. The van der Waals surface area contributed by atoms with Gasteiger partial charge in [-0.25, -0.2) is 4.98 Å². The van der Waals surface area contributed by atoms with Crippen molar-refractivity contribution in [3.8, 4) is 11.4 Å². The molecule has 5 rings (SSSR count). The van der Waals surface area contributed by atoms with E-state index in [1.54, 1.807) is 7.11 Å². The number of likely N-dealkylation sites (tertiary alicyclic amines) is 1. The summed E-state index contributed by atoms with van der Waals surface area (Å²) in [6, 6.07) is 21.7. The van der Waals surface area contributed by atoms with E-state index in [2.05, 4.69) is 76.6 Å². The molecule has 0 spiro atoms. The average Bonchev–Trinajstić information content (AvgIpc) is 3.42. The summed E-state index contributed by atoms with van der Waals surface area (Å²) in [6.45, 7) is 5.08. The third-order valence-electron chi connectivity index (χ3n) is 6.01. The van der Waals surface area contributed by atoms with E-state index in [0.29, 0.717) is 0 Å². The minimum Gasteiger partial charge on any atom is -0.495 e. The monoisotopic (exact) mass is 409 g/mol. The van der Waals surface area contributed by atoms with Gasteiger partial charge in [0.05, 0.1) is 24.8 Å². The predicted molar refractivity (Wildman–Crippen MR) is 127 cm³/mol. The zero-order valence-electron chi connectivity index (χ0n) is 18.1. The quantitative estimate of drug-likeness (QED) is 0.428. The number of ether oxygens (including phenoxy) is 1. The molecule has 0 amide bonds. The number of benzene rings is 3. The molecule has 156 valence electrons. The summed E-state index contributed by atoms with van der Waals surface area (Å²) in [4.78, 5) is 6.86. The van der Waals surface area contributed by atoms with Crippen molar-refractivity contribution in [2.24, 2.45) is 0 Å². The Hall–Kier alpha value is -3.37. The number of aromatic nitrogens is 2. The molecule has 1 fully saturated rings. The standard InChI is InChI=1S/C27H27N3O/c1-20-16-30(19-28-20)26-11-10-21(15-27(26)31-2)14-22-12-13-29(17-22)18-24-8-5-7-23-6-3-4-9-25(23)24/h3-11,14-16,19H,12-13,17-18H2,1-2H3. The summed E-state index contributed by atoms with van der Waals surface area (Å²) in [5.41, 5.74) is 6.05. The number of methoxy groups -OCH3 is 1. The number of imidazole rings is 1. The summed E-state index contributed by atoms with van der Waals surface area (Å²) in [7, 11) is 1.72. The lowest BCUT2D eigenvalue weighted by Crippen LogP contribution is -2.18. The Balaban J connectivity index is 1.33. The minimum absolute atomic E-state index is 0.859. The number of aryl methyl sites for hydroxylation is 1. The average molecular weight is 410 g/mol. The van der Waals surface area contributed by atoms with Crippen molar-refractivity contribution in [1.82, 2.24) is 14.5 Å². The van der Waals surface area contributed by atoms with Gasteiger partial charge in [0, 0.05) is 25.8 Å². The van der Waals surface area contributed by atoms with Crippen molar-refractivity contribution >= 4 is 16.8 Å². The highest BCUT2D eigenvalue weighted by Gasteiger charge is 2.18. The summed E-state index contributed by atoms with van der Waals surface area (Å²) in [5.74, 6) is 0.859. The van der Waals surface area contributed by atoms with Crippen LogP contribution in [0.15, 0.2) is 78.8 Å². The third-order valence-corrected chi connectivity index (χ3v) is 6.01. The zero-order valence-corrected chi connectivity index (χ0v) is 18.1. The zero-order chi connectivity index (χ0) is 21.2. The first-order valence-electron chi connectivity index (χ1n) is 10.8. The van der Waals surface area contributed by atoms with Gasteiger partial charge in [0.2, 0.25) is 0 Å². The normalized spacial score (nSPS) is 15.7. The van der Waals surface area contributed by atoms with Crippen LogP contribution in [0.4, 0.5) is 0 Å². The summed E-state index contributed by atoms with van der Waals surface area (Å²) >= 11 is 0. The van der Waals surface area contributed by atoms with Gasteiger partial charge in [-0.2, -0.15) is 0 Å². The molecule has 4 aromatic rings. The van der Waals surface area contributed by atoms with E-state index in [4.69, 9.17) is 4.74 Å². The highest BCUT2D eigenvalue weighted by atomic mass is 16.5. The smallest absolute Gasteiger partial charge is 0.143 e. The van der Waals surface area contributed by atoms with Gasteiger partial charge in [0.1, 0.15) is 5.75 Å². The largest absolute Gasteiger partial charge is 0.495 e. The second-order valence-corrected chi connectivity index (χ2v) is 8.26. The highest BCUT2D eigenvalue weighted by Crippen LogP contribution is 2.28. The first-order chi connectivity index (χ1) is 15.2. The molecule has 0 radical (unpaired) electrons. The maximum absolute atomic E-state index is 5.67. The van der Waals surface area contributed by atoms with Gasteiger partial charge in [-0.3, -0.25) is 4.90 Å². The molecule has 0 N–H and O–H groups in total. The first kappa shape index (κ1) is 19.6. The van der Waals surface area contributed by atoms with Gasteiger partial charge in [-0.05, 0) is 47.4 Å². The van der Waals surface area contributed by atoms with Gasteiger partial charge in [-0.1, -0.05) is 60.2 Å². The van der Waals surface area contributed by atoms with Crippen LogP contribution in [0.2, 0.25) is 0 Å². The molecule has 0 atom stereocenters. The maximum atomic E-state index is 5.67. The summed E-state index contributed by atoms with van der Waals surface area (Å²) < 4.78 is 7.67. The van der Waals surface area contributed by atoms with Crippen LogP contribution in [0.3, 0.4) is 0 Å². The molecular formula is C27H27N3O. The molecule has 1 saturated heterocycles. The molecule has 31 heavy (non-hydrogen) atoms. The minimum atomic E-state index is 0.859. The van der Waals surface area contributed by atoms with Crippen molar-refractivity contribution in [1.29, 1.82) is 0 Å². The SMILES string of the molecule is COc1cc(C=C2CCN(Cc3cccc4ccccc34)C2)ccc1-n1cnc(C)c1. The second kappa shape index (κ2) is 8.40. The topological polar surface area (TPSA) is 30.3 Å². The number of fused-ring (bicyclic) bond motifs is 1. The molecule has 1 aliphatic heterocycles. The van der Waals surface area contributed by atoms with Crippen molar-refractivity contribution in [3.05, 3.63) is 95.6 Å².